The van der Waals surface area contributed by atoms with Crippen LogP contribution in [0.15, 0.2) is 34.3 Å². The third-order valence-electron chi connectivity index (χ3n) is 2.16. The Kier molecular flexibility index (Phi) is 2.60. The van der Waals surface area contributed by atoms with Gasteiger partial charge in [-0.15, -0.1) is 11.8 Å². The van der Waals surface area contributed by atoms with Gasteiger partial charge in [0.25, 0.3) is 0 Å². The zero-order chi connectivity index (χ0) is 9.80. The molecule has 0 saturated heterocycles. The van der Waals surface area contributed by atoms with E-state index in [1.807, 2.05) is 31.2 Å². The molecule has 0 radical (unpaired) electrons. The molecule has 0 bridgehead atoms. The number of fused-ring (bicyclic) bond motifs is 1. The van der Waals surface area contributed by atoms with Crippen LogP contribution < -0.4 is 10.7 Å². The maximum Gasteiger partial charge on any atom is 0.142 e. The molecule has 0 spiro atoms. The number of nitrogens with zero attached hydrogens (tertiary/aromatic N) is 2. The van der Waals surface area contributed by atoms with Crippen molar-refractivity contribution in [2.24, 2.45) is 9.98 Å². The largest absolute Gasteiger partial charge is 0.256 e. The van der Waals surface area contributed by atoms with Gasteiger partial charge in [0.15, 0.2) is 0 Å². The monoisotopic (exact) mass is 184 g/mol. The summed E-state index contributed by atoms with van der Waals surface area (Å²) in [6.45, 7) is 1.86. The molecule has 1 aliphatic heterocycles. The van der Waals surface area contributed by atoms with Crippen LogP contribution in [0.3, 0.4) is 0 Å². The van der Waals surface area contributed by atoms with Crippen molar-refractivity contribution in [2.45, 2.75) is 25.9 Å². The highest BCUT2D eigenvalue weighted by atomic mass is 15.0. The third-order valence-corrected chi connectivity index (χ3v) is 2.16. The highest BCUT2D eigenvalue weighted by Crippen LogP contribution is 2.03. The van der Waals surface area contributed by atoms with Crippen LogP contribution in [0, 0.1) is 11.8 Å². The molecule has 0 unspecified atom stereocenters. The lowest BCUT2D eigenvalue weighted by atomic mass is 10.3. The topological polar surface area (TPSA) is 24.7 Å². The molecule has 14 heavy (non-hydrogen) atoms. The van der Waals surface area contributed by atoms with E-state index in [0.29, 0.717) is 0 Å². The average Bonchev–Trinajstić information content (AvgIpc) is 2.60. The maximum atomic E-state index is 4.49. The summed E-state index contributed by atoms with van der Waals surface area (Å²) >= 11 is 0. The van der Waals surface area contributed by atoms with Crippen molar-refractivity contribution >= 4 is 0 Å². The van der Waals surface area contributed by atoms with Crippen molar-refractivity contribution in [1.29, 1.82) is 0 Å². The molecule has 2 nitrogen and oxygen atoms in total. The smallest absolute Gasteiger partial charge is 0.142 e. The van der Waals surface area contributed by atoms with Crippen LogP contribution in [0.25, 0.3) is 0 Å². The van der Waals surface area contributed by atoms with Crippen LogP contribution in [0.2, 0.25) is 0 Å². The number of hydrogen-bond acceptors (Lipinski definition) is 2. The van der Waals surface area contributed by atoms with Gasteiger partial charge in [-0.3, -0.25) is 9.98 Å². The molecule has 1 aromatic rings. The Morgan fingerprint density at radius 3 is 2.43 bits per heavy atom. The predicted molar refractivity (Wildman–Crippen MR) is 55.2 cm³/mol. The summed E-state index contributed by atoms with van der Waals surface area (Å²) in [4.78, 5) is 8.98. The minimum atomic E-state index is 0.0910. The van der Waals surface area contributed by atoms with Crippen molar-refractivity contribution in [3.63, 3.8) is 0 Å². The van der Waals surface area contributed by atoms with Crippen LogP contribution in [0.5, 0.6) is 0 Å². The van der Waals surface area contributed by atoms with Crippen molar-refractivity contribution in [1.82, 2.24) is 0 Å². The van der Waals surface area contributed by atoms with E-state index >= 15 is 0 Å². The summed E-state index contributed by atoms with van der Waals surface area (Å²) in [7, 11) is 0. The summed E-state index contributed by atoms with van der Waals surface area (Å²) in [6.07, 6.45) is 1.89. The van der Waals surface area contributed by atoms with E-state index in [1.54, 1.807) is 0 Å². The van der Waals surface area contributed by atoms with E-state index in [9.17, 15) is 0 Å². The molecule has 0 amide bonds. The van der Waals surface area contributed by atoms with Crippen LogP contribution in [-0.4, -0.2) is 6.17 Å². The normalized spacial score (nSPS) is 13.5. The molecule has 0 aliphatic carbocycles. The van der Waals surface area contributed by atoms with E-state index in [0.717, 1.165) is 23.6 Å². The van der Waals surface area contributed by atoms with E-state index in [4.69, 9.17) is 0 Å². The minimum Gasteiger partial charge on any atom is -0.256 e. The standard InChI is InChI=1S/C12H12N2/c1-2-3-4-9-12-13-10-7-5-6-8-11(10)14-12/h5-8,12H,4,9H2,1H3. The van der Waals surface area contributed by atoms with Crippen LogP contribution in [0.4, 0.5) is 0 Å². The van der Waals surface area contributed by atoms with Crippen LogP contribution in [-0.2, 0) is 0 Å². The van der Waals surface area contributed by atoms with Gasteiger partial charge in [-0.05, 0) is 19.1 Å². The summed E-state index contributed by atoms with van der Waals surface area (Å²) < 4.78 is 0. The molecule has 0 fully saturated rings. The molecule has 1 aromatic carbocycles. The Bertz CT molecular complexity index is 456. The van der Waals surface area contributed by atoms with Crippen LogP contribution in [0.1, 0.15) is 19.8 Å². The second-order valence-corrected chi connectivity index (χ2v) is 3.19. The molecule has 0 atom stereocenters. The van der Waals surface area contributed by atoms with Gasteiger partial charge >= 0.3 is 0 Å². The lowest BCUT2D eigenvalue weighted by Gasteiger charge is -1.97. The molecule has 1 heterocycles. The molecule has 0 saturated carbocycles. The van der Waals surface area contributed by atoms with Crippen molar-refractivity contribution < 1.29 is 0 Å². The van der Waals surface area contributed by atoms with Crippen molar-refractivity contribution in [3.05, 3.63) is 35.0 Å². The quantitative estimate of drug-likeness (QED) is 0.614. The average molecular weight is 184 g/mol. The predicted octanol–water partition coefficient (Wildman–Crippen LogP) is 1.07. The Hall–Kier alpha value is -1.62. The first-order valence-corrected chi connectivity index (χ1v) is 4.80. The van der Waals surface area contributed by atoms with Crippen molar-refractivity contribution in [2.75, 3.05) is 0 Å². The first-order chi connectivity index (χ1) is 6.90. The summed E-state index contributed by atoms with van der Waals surface area (Å²) in [5.41, 5.74) is 0. The molecule has 0 N–H and O–H groups in total. The summed E-state index contributed by atoms with van der Waals surface area (Å²) in [5.74, 6) is 5.91. The minimum absolute atomic E-state index is 0.0910. The molecule has 70 valence electrons. The fourth-order valence-electron chi connectivity index (χ4n) is 1.49. The lowest BCUT2D eigenvalue weighted by molar-refractivity contribution is 0.654. The number of rotatable bonds is 2. The van der Waals surface area contributed by atoms with Gasteiger partial charge in [-0.25, -0.2) is 0 Å². The maximum absolute atomic E-state index is 4.49. The number of para-hydroxylation sites is 2. The van der Waals surface area contributed by atoms with Gasteiger partial charge in [0, 0.05) is 12.8 Å². The van der Waals surface area contributed by atoms with Gasteiger partial charge in [0.05, 0.1) is 10.7 Å². The van der Waals surface area contributed by atoms with Gasteiger partial charge < -0.3 is 0 Å². The number of hydrogen-bond donors (Lipinski definition) is 0. The summed E-state index contributed by atoms with van der Waals surface area (Å²) in [6, 6.07) is 7.99. The van der Waals surface area contributed by atoms with Gasteiger partial charge in [0.2, 0.25) is 0 Å². The van der Waals surface area contributed by atoms with E-state index < -0.39 is 0 Å². The Balaban J connectivity index is 2.14. The zero-order valence-electron chi connectivity index (χ0n) is 8.20. The fourth-order valence-corrected chi connectivity index (χ4v) is 1.49. The highest BCUT2D eigenvalue weighted by Gasteiger charge is 2.07. The van der Waals surface area contributed by atoms with Crippen molar-refractivity contribution in [3.8, 4) is 11.8 Å². The molecule has 1 aliphatic rings. The third kappa shape index (κ3) is 1.82. The van der Waals surface area contributed by atoms with E-state index in [1.165, 1.54) is 0 Å². The summed E-state index contributed by atoms with van der Waals surface area (Å²) in [5, 5.41) is 2.03. The molecule has 2 heteroatoms. The zero-order valence-corrected chi connectivity index (χ0v) is 8.20. The molecular weight excluding hydrogens is 172 g/mol. The highest BCUT2D eigenvalue weighted by molar-refractivity contribution is 5.04. The first-order valence-electron chi connectivity index (χ1n) is 4.80. The lowest BCUT2D eigenvalue weighted by Crippen LogP contribution is -2.19. The molecule has 2 rings (SSSR count). The fraction of sp³-hybridized carbons (Fsp3) is 0.333. The SMILES string of the molecule is CC#CCCC1N=c2ccccc2=N1. The van der Waals surface area contributed by atoms with Gasteiger partial charge in [-0.1, -0.05) is 12.1 Å². The Morgan fingerprint density at radius 1 is 1.21 bits per heavy atom. The van der Waals surface area contributed by atoms with E-state index in [-0.39, 0.29) is 6.17 Å². The first kappa shape index (κ1) is 8.96. The molecule has 0 aromatic heterocycles. The molecular formula is C12H12N2. The Morgan fingerprint density at radius 2 is 1.86 bits per heavy atom. The second kappa shape index (κ2) is 4.06. The van der Waals surface area contributed by atoms with Gasteiger partial charge in [0.1, 0.15) is 6.17 Å². The van der Waals surface area contributed by atoms with Crippen LogP contribution >= 0.6 is 0 Å². The van der Waals surface area contributed by atoms with E-state index in [2.05, 4.69) is 21.8 Å². The Labute approximate surface area is 83.4 Å². The van der Waals surface area contributed by atoms with Gasteiger partial charge in [-0.2, -0.15) is 0 Å². The second-order valence-electron chi connectivity index (χ2n) is 3.19. The number of benzene rings is 1.